The molecule has 8 heteroatoms. The number of carbonyl (C=O) groups excluding carboxylic acids is 1. The molecule has 3 aromatic rings. The van der Waals surface area contributed by atoms with Crippen molar-refractivity contribution in [2.45, 2.75) is 25.8 Å². The van der Waals surface area contributed by atoms with Crippen LogP contribution in [0.2, 0.25) is 0 Å². The number of nitrogens with zero attached hydrogens (tertiary/aromatic N) is 2. The van der Waals surface area contributed by atoms with Gasteiger partial charge in [-0.05, 0) is 61.3 Å². The molecule has 1 aromatic heterocycles. The van der Waals surface area contributed by atoms with Crippen molar-refractivity contribution in [3.8, 4) is 5.69 Å². The standard InChI is InChI=1S/C23H23FN4O2S/c1-15-14-28(16-6-3-2-4-7-16)27-21(15)22(29)30-13-12-25-23(31)26-20-11-10-17-18(20)8-5-9-19(17)24/h2-9,14,20H,10-13H2,1H3,(H2,25,26,31). The first-order chi connectivity index (χ1) is 15.0. The van der Waals surface area contributed by atoms with E-state index in [1.54, 1.807) is 16.9 Å². The second-order valence-corrected chi connectivity index (χ2v) is 7.78. The number of carbonyl (C=O) groups is 1. The summed E-state index contributed by atoms with van der Waals surface area (Å²) in [5.74, 6) is -0.648. The molecule has 0 bridgehead atoms. The van der Waals surface area contributed by atoms with E-state index in [1.165, 1.54) is 6.07 Å². The lowest BCUT2D eigenvalue weighted by atomic mass is 10.1. The third-order valence-electron chi connectivity index (χ3n) is 5.25. The summed E-state index contributed by atoms with van der Waals surface area (Å²) in [6.45, 7) is 2.33. The third-order valence-corrected chi connectivity index (χ3v) is 5.51. The molecule has 1 aliphatic carbocycles. The van der Waals surface area contributed by atoms with Crippen molar-refractivity contribution in [2.75, 3.05) is 13.2 Å². The normalized spacial score (nSPS) is 14.7. The highest BCUT2D eigenvalue weighted by Crippen LogP contribution is 2.32. The molecular weight excluding hydrogens is 415 g/mol. The highest BCUT2D eigenvalue weighted by molar-refractivity contribution is 7.80. The van der Waals surface area contributed by atoms with Crippen molar-refractivity contribution in [1.29, 1.82) is 0 Å². The smallest absolute Gasteiger partial charge is 0.359 e. The van der Waals surface area contributed by atoms with Gasteiger partial charge in [-0.1, -0.05) is 30.3 Å². The maximum absolute atomic E-state index is 13.9. The number of benzene rings is 2. The van der Waals surface area contributed by atoms with Crippen LogP contribution in [0.15, 0.2) is 54.7 Å². The van der Waals surface area contributed by atoms with Crippen LogP contribution in [-0.4, -0.2) is 34.0 Å². The predicted molar refractivity (Wildman–Crippen MR) is 120 cm³/mol. The number of ether oxygens (including phenoxy) is 1. The lowest BCUT2D eigenvalue weighted by Gasteiger charge is -2.17. The third kappa shape index (κ3) is 4.74. The molecule has 4 rings (SSSR count). The zero-order valence-corrected chi connectivity index (χ0v) is 17.9. The first kappa shape index (κ1) is 21.0. The Morgan fingerprint density at radius 1 is 1.26 bits per heavy atom. The molecule has 2 N–H and O–H groups in total. The summed E-state index contributed by atoms with van der Waals surface area (Å²) in [6.07, 6.45) is 3.27. The second-order valence-electron chi connectivity index (χ2n) is 7.38. The van der Waals surface area contributed by atoms with Gasteiger partial charge in [0, 0.05) is 11.8 Å². The topological polar surface area (TPSA) is 68.2 Å². The molecule has 0 fully saturated rings. The van der Waals surface area contributed by atoms with Crippen LogP contribution in [0.5, 0.6) is 0 Å². The fourth-order valence-electron chi connectivity index (χ4n) is 3.72. The zero-order valence-electron chi connectivity index (χ0n) is 17.1. The van der Waals surface area contributed by atoms with Crippen LogP contribution in [0.3, 0.4) is 0 Å². The highest BCUT2D eigenvalue weighted by Gasteiger charge is 2.25. The van der Waals surface area contributed by atoms with Gasteiger partial charge in [0.25, 0.3) is 0 Å². The zero-order chi connectivity index (χ0) is 21.8. The molecule has 160 valence electrons. The summed E-state index contributed by atoms with van der Waals surface area (Å²) in [7, 11) is 0. The van der Waals surface area contributed by atoms with Crippen molar-refractivity contribution in [2.24, 2.45) is 0 Å². The summed E-state index contributed by atoms with van der Waals surface area (Å²) in [4.78, 5) is 12.4. The van der Waals surface area contributed by atoms with E-state index >= 15 is 0 Å². The van der Waals surface area contributed by atoms with E-state index in [4.69, 9.17) is 17.0 Å². The Hall–Kier alpha value is -3.26. The van der Waals surface area contributed by atoms with Gasteiger partial charge in [0.15, 0.2) is 10.8 Å². The SMILES string of the molecule is Cc1cn(-c2ccccc2)nc1C(=O)OCCNC(=S)NC1CCc2c(F)cccc21. The quantitative estimate of drug-likeness (QED) is 0.348. The van der Waals surface area contributed by atoms with E-state index in [0.717, 1.165) is 28.8 Å². The maximum Gasteiger partial charge on any atom is 0.359 e. The Labute approximate surface area is 185 Å². The van der Waals surface area contributed by atoms with Gasteiger partial charge in [0.1, 0.15) is 12.4 Å². The van der Waals surface area contributed by atoms with Crippen molar-refractivity contribution >= 4 is 23.3 Å². The molecule has 0 spiro atoms. The molecule has 0 amide bonds. The Morgan fingerprint density at radius 2 is 2.06 bits per heavy atom. The number of aromatic nitrogens is 2. The van der Waals surface area contributed by atoms with Gasteiger partial charge in [-0.25, -0.2) is 13.9 Å². The number of nitrogens with one attached hydrogen (secondary N) is 2. The number of fused-ring (bicyclic) bond motifs is 1. The molecule has 1 aliphatic rings. The summed E-state index contributed by atoms with van der Waals surface area (Å²) in [5, 5.41) is 11.0. The number of aryl methyl sites for hydroxylation is 1. The first-order valence-corrected chi connectivity index (χ1v) is 10.5. The van der Waals surface area contributed by atoms with E-state index < -0.39 is 5.97 Å². The van der Waals surface area contributed by atoms with Gasteiger partial charge >= 0.3 is 5.97 Å². The average Bonchev–Trinajstić information content (AvgIpc) is 3.36. The van der Waals surface area contributed by atoms with Gasteiger partial charge in [-0.3, -0.25) is 0 Å². The summed E-state index contributed by atoms with van der Waals surface area (Å²) < 4.78 is 20.9. The average molecular weight is 439 g/mol. The Kier molecular flexibility index (Phi) is 6.27. The molecule has 1 unspecified atom stereocenters. The van der Waals surface area contributed by atoms with Crippen LogP contribution in [0.25, 0.3) is 5.69 Å². The molecule has 2 aromatic carbocycles. The summed E-state index contributed by atoms with van der Waals surface area (Å²) >= 11 is 5.33. The number of thiocarbonyl (C=S) groups is 1. The van der Waals surface area contributed by atoms with Crippen LogP contribution >= 0.6 is 12.2 Å². The number of hydrogen-bond donors (Lipinski definition) is 2. The molecule has 0 saturated carbocycles. The summed E-state index contributed by atoms with van der Waals surface area (Å²) in [5.41, 5.74) is 3.60. The van der Waals surface area contributed by atoms with Crippen LogP contribution in [0.4, 0.5) is 4.39 Å². The number of halogens is 1. The highest BCUT2D eigenvalue weighted by atomic mass is 32.1. The molecular formula is C23H23FN4O2S. The van der Waals surface area contributed by atoms with Crippen molar-refractivity contribution in [1.82, 2.24) is 20.4 Å². The molecule has 31 heavy (non-hydrogen) atoms. The summed E-state index contributed by atoms with van der Waals surface area (Å²) in [6, 6.07) is 14.7. The van der Waals surface area contributed by atoms with E-state index in [2.05, 4.69) is 15.7 Å². The number of para-hydroxylation sites is 1. The Balaban J connectivity index is 1.24. The monoisotopic (exact) mass is 438 g/mol. The molecule has 0 saturated heterocycles. The van der Waals surface area contributed by atoms with Crippen LogP contribution in [0.1, 0.15) is 39.6 Å². The molecule has 1 heterocycles. The first-order valence-electron chi connectivity index (χ1n) is 10.1. The molecule has 0 radical (unpaired) electrons. The Morgan fingerprint density at radius 3 is 2.87 bits per heavy atom. The van der Waals surface area contributed by atoms with Crippen molar-refractivity contribution in [3.05, 3.63) is 82.9 Å². The van der Waals surface area contributed by atoms with E-state index in [1.807, 2.05) is 43.3 Å². The fraction of sp³-hybridized carbons (Fsp3) is 0.261. The molecule has 0 aliphatic heterocycles. The van der Waals surface area contributed by atoms with Gasteiger partial charge in [-0.15, -0.1) is 0 Å². The molecule has 1 atom stereocenters. The van der Waals surface area contributed by atoms with Gasteiger partial charge in [0.05, 0.1) is 18.3 Å². The van der Waals surface area contributed by atoms with E-state index in [9.17, 15) is 9.18 Å². The maximum atomic E-state index is 13.9. The van der Waals surface area contributed by atoms with Gasteiger partial charge < -0.3 is 15.4 Å². The predicted octanol–water partition coefficient (Wildman–Crippen LogP) is 3.63. The largest absolute Gasteiger partial charge is 0.459 e. The second kappa shape index (κ2) is 9.26. The fourth-order valence-corrected chi connectivity index (χ4v) is 3.96. The number of rotatable bonds is 6. The minimum atomic E-state index is -0.479. The number of hydrogen-bond acceptors (Lipinski definition) is 4. The van der Waals surface area contributed by atoms with E-state index in [0.29, 0.717) is 18.1 Å². The number of esters is 1. The van der Waals surface area contributed by atoms with E-state index in [-0.39, 0.29) is 24.2 Å². The van der Waals surface area contributed by atoms with Crippen molar-refractivity contribution in [3.63, 3.8) is 0 Å². The van der Waals surface area contributed by atoms with Crippen LogP contribution in [0, 0.1) is 12.7 Å². The minimum absolute atomic E-state index is 0.0159. The van der Waals surface area contributed by atoms with Gasteiger partial charge in [0.2, 0.25) is 0 Å². The van der Waals surface area contributed by atoms with Gasteiger partial charge in [-0.2, -0.15) is 5.10 Å². The van der Waals surface area contributed by atoms with Crippen LogP contribution < -0.4 is 10.6 Å². The lowest BCUT2D eigenvalue weighted by Crippen LogP contribution is -2.38. The minimum Gasteiger partial charge on any atom is -0.459 e. The Bertz CT molecular complexity index is 1100. The van der Waals surface area contributed by atoms with Crippen LogP contribution in [-0.2, 0) is 11.2 Å². The lowest BCUT2D eigenvalue weighted by molar-refractivity contribution is 0.0504. The van der Waals surface area contributed by atoms with Crippen molar-refractivity contribution < 1.29 is 13.9 Å². The molecule has 6 nitrogen and oxygen atoms in total.